The van der Waals surface area contributed by atoms with Crippen LogP contribution in [-0.2, 0) is 4.79 Å². The SMILES string of the molecule is O=C(O)C1[C@H]2CCS[C@@H]12. The number of carbonyl (C=O) groups is 1. The van der Waals surface area contributed by atoms with Crippen LogP contribution in [0.3, 0.4) is 0 Å². The second-order valence-corrected chi connectivity index (χ2v) is 3.94. The number of thioether (sulfide) groups is 1. The number of hydrogen-bond acceptors (Lipinski definition) is 2. The topological polar surface area (TPSA) is 37.3 Å². The van der Waals surface area contributed by atoms with Crippen LogP contribution in [0.5, 0.6) is 0 Å². The van der Waals surface area contributed by atoms with Crippen LogP contribution in [0.25, 0.3) is 0 Å². The number of rotatable bonds is 1. The Morgan fingerprint density at radius 1 is 1.67 bits per heavy atom. The van der Waals surface area contributed by atoms with E-state index in [1.54, 1.807) is 0 Å². The van der Waals surface area contributed by atoms with Crippen molar-refractivity contribution >= 4 is 17.7 Å². The summed E-state index contributed by atoms with van der Waals surface area (Å²) in [7, 11) is 0. The molecule has 1 aliphatic heterocycles. The molecule has 2 nitrogen and oxygen atoms in total. The quantitative estimate of drug-likeness (QED) is 0.592. The third-order valence-corrected chi connectivity index (χ3v) is 3.64. The Hall–Kier alpha value is -0.180. The van der Waals surface area contributed by atoms with E-state index in [0.29, 0.717) is 11.2 Å². The molecule has 0 aromatic carbocycles. The molecule has 3 heteroatoms. The van der Waals surface area contributed by atoms with E-state index in [9.17, 15) is 4.79 Å². The zero-order valence-corrected chi connectivity index (χ0v) is 5.73. The van der Waals surface area contributed by atoms with Gasteiger partial charge in [-0.3, -0.25) is 4.79 Å². The van der Waals surface area contributed by atoms with E-state index in [0.717, 1.165) is 6.42 Å². The van der Waals surface area contributed by atoms with Gasteiger partial charge in [0.25, 0.3) is 0 Å². The van der Waals surface area contributed by atoms with Crippen molar-refractivity contribution in [2.75, 3.05) is 5.75 Å². The Labute approximate surface area is 57.6 Å². The van der Waals surface area contributed by atoms with Gasteiger partial charge in [0.1, 0.15) is 0 Å². The number of carboxylic acids is 1. The van der Waals surface area contributed by atoms with Gasteiger partial charge in [-0.05, 0) is 18.1 Å². The van der Waals surface area contributed by atoms with Crippen LogP contribution >= 0.6 is 11.8 Å². The summed E-state index contributed by atoms with van der Waals surface area (Å²) in [6.07, 6.45) is 1.13. The lowest BCUT2D eigenvalue weighted by molar-refractivity contribution is -0.138. The predicted octanol–water partition coefficient (Wildman–Crippen LogP) is 0.823. The van der Waals surface area contributed by atoms with Crippen molar-refractivity contribution in [1.82, 2.24) is 0 Å². The van der Waals surface area contributed by atoms with Crippen LogP contribution in [0.4, 0.5) is 0 Å². The highest BCUT2D eigenvalue weighted by Crippen LogP contribution is 2.56. The third-order valence-electron chi connectivity index (χ3n) is 2.14. The molecule has 0 spiro atoms. The zero-order valence-electron chi connectivity index (χ0n) is 4.91. The van der Waals surface area contributed by atoms with E-state index >= 15 is 0 Å². The molecule has 3 atom stereocenters. The minimum absolute atomic E-state index is 0.0174. The van der Waals surface area contributed by atoms with Crippen LogP contribution in [0, 0.1) is 11.8 Å². The summed E-state index contributed by atoms with van der Waals surface area (Å²) >= 11 is 1.83. The molecule has 0 aromatic heterocycles. The maximum Gasteiger partial charge on any atom is 0.307 e. The van der Waals surface area contributed by atoms with Crippen molar-refractivity contribution in [3.63, 3.8) is 0 Å². The average molecular weight is 144 g/mol. The molecule has 0 aromatic rings. The highest BCUT2D eigenvalue weighted by Gasteiger charge is 2.57. The Kier molecular flexibility index (Phi) is 1.03. The summed E-state index contributed by atoms with van der Waals surface area (Å²) in [5.41, 5.74) is 0. The molecule has 2 rings (SSSR count). The van der Waals surface area contributed by atoms with Gasteiger partial charge in [0, 0.05) is 5.25 Å². The van der Waals surface area contributed by atoms with Crippen LogP contribution < -0.4 is 0 Å². The summed E-state index contributed by atoms with van der Waals surface area (Å²) in [5, 5.41) is 9.03. The third kappa shape index (κ3) is 0.674. The molecule has 9 heavy (non-hydrogen) atoms. The lowest BCUT2D eigenvalue weighted by Crippen LogP contribution is -2.03. The first kappa shape index (κ1) is 5.59. The smallest absolute Gasteiger partial charge is 0.307 e. The molecule has 1 saturated heterocycles. The van der Waals surface area contributed by atoms with E-state index in [1.807, 2.05) is 11.8 Å². The van der Waals surface area contributed by atoms with Crippen molar-refractivity contribution in [1.29, 1.82) is 0 Å². The fourth-order valence-corrected chi connectivity index (χ4v) is 3.25. The molecule has 1 N–H and O–H groups in total. The highest BCUT2D eigenvalue weighted by molar-refractivity contribution is 8.00. The van der Waals surface area contributed by atoms with E-state index in [1.165, 1.54) is 5.75 Å². The van der Waals surface area contributed by atoms with Gasteiger partial charge in [0.15, 0.2) is 0 Å². The maximum atomic E-state index is 10.4. The number of hydrogen-bond donors (Lipinski definition) is 1. The summed E-state index contributed by atoms with van der Waals surface area (Å²) < 4.78 is 0. The van der Waals surface area contributed by atoms with Gasteiger partial charge < -0.3 is 5.11 Å². The van der Waals surface area contributed by atoms with Crippen molar-refractivity contribution in [2.45, 2.75) is 11.7 Å². The van der Waals surface area contributed by atoms with Gasteiger partial charge in [0.05, 0.1) is 5.92 Å². The van der Waals surface area contributed by atoms with Gasteiger partial charge in [-0.25, -0.2) is 0 Å². The van der Waals surface area contributed by atoms with Crippen LogP contribution in [0.1, 0.15) is 6.42 Å². The summed E-state index contributed by atoms with van der Waals surface area (Å²) in [6, 6.07) is 0. The Morgan fingerprint density at radius 3 is 2.78 bits per heavy atom. The monoisotopic (exact) mass is 144 g/mol. The fourth-order valence-electron chi connectivity index (χ4n) is 1.58. The average Bonchev–Trinajstić information content (AvgIpc) is 2.30. The van der Waals surface area contributed by atoms with Gasteiger partial charge in [0.2, 0.25) is 0 Å². The van der Waals surface area contributed by atoms with E-state index in [-0.39, 0.29) is 5.92 Å². The molecule has 0 radical (unpaired) electrons. The van der Waals surface area contributed by atoms with Crippen molar-refractivity contribution in [2.24, 2.45) is 11.8 Å². The molecule has 0 bridgehead atoms. The van der Waals surface area contributed by atoms with Crippen LogP contribution in [0.15, 0.2) is 0 Å². The van der Waals surface area contributed by atoms with E-state index in [2.05, 4.69) is 0 Å². The lowest BCUT2D eigenvalue weighted by Gasteiger charge is -1.93. The standard InChI is InChI=1S/C6H8O2S/c7-6(8)4-3-1-2-9-5(3)4/h3-5H,1-2H2,(H,7,8)/t3-,4?,5-/m1/s1. The van der Waals surface area contributed by atoms with Gasteiger partial charge in [-0.1, -0.05) is 0 Å². The van der Waals surface area contributed by atoms with Crippen LogP contribution in [-0.4, -0.2) is 22.1 Å². The van der Waals surface area contributed by atoms with Crippen molar-refractivity contribution < 1.29 is 9.90 Å². The minimum Gasteiger partial charge on any atom is -0.481 e. The second kappa shape index (κ2) is 1.66. The summed E-state index contributed by atoms with van der Waals surface area (Å²) in [5.74, 6) is 1.15. The van der Waals surface area contributed by atoms with E-state index < -0.39 is 5.97 Å². The Balaban J connectivity index is 2.02. The molecule has 1 aliphatic carbocycles. The maximum absolute atomic E-state index is 10.4. The predicted molar refractivity (Wildman–Crippen MR) is 35.5 cm³/mol. The lowest BCUT2D eigenvalue weighted by atomic mass is 10.2. The summed E-state index contributed by atoms with van der Waals surface area (Å²) in [6.45, 7) is 0. The summed E-state index contributed by atoms with van der Waals surface area (Å²) in [4.78, 5) is 10.4. The molecule has 1 heterocycles. The van der Waals surface area contributed by atoms with E-state index in [4.69, 9.17) is 5.11 Å². The van der Waals surface area contributed by atoms with Gasteiger partial charge in [-0.15, -0.1) is 0 Å². The highest BCUT2D eigenvalue weighted by atomic mass is 32.2. The van der Waals surface area contributed by atoms with Crippen molar-refractivity contribution in [3.05, 3.63) is 0 Å². The van der Waals surface area contributed by atoms with Gasteiger partial charge >= 0.3 is 5.97 Å². The molecule has 50 valence electrons. The first-order valence-electron chi connectivity index (χ1n) is 3.15. The molecule has 1 unspecified atom stereocenters. The first-order chi connectivity index (χ1) is 4.30. The molecular weight excluding hydrogens is 136 g/mol. The molecule has 2 aliphatic rings. The Bertz CT molecular complexity index is 147. The molecule has 2 fully saturated rings. The second-order valence-electron chi connectivity index (χ2n) is 2.65. The minimum atomic E-state index is -0.586. The Morgan fingerprint density at radius 2 is 2.44 bits per heavy atom. The van der Waals surface area contributed by atoms with Crippen LogP contribution in [0.2, 0.25) is 0 Å². The fraction of sp³-hybridized carbons (Fsp3) is 0.833. The van der Waals surface area contributed by atoms with Crippen molar-refractivity contribution in [3.8, 4) is 0 Å². The molecule has 1 saturated carbocycles. The number of fused-ring (bicyclic) bond motifs is 1. The molecule has 0 amide bonds. The largest absolute Gasteiger partial charge is 0.481 e. The number of carboxylic acid groups (broad SMARTS) is 1. The molecular formula is C6H8O2S. The number of aliphatic carboxylic acids is 1. The first-order valence-corrected chi connectivity index (χ1v) is 4.20. The normalized spacial score (nSPS) is 46.4. The van der Waals surface area contributed by atoms with Gasteiger partial charge in [-0.2, -0.15) is 11.8 Å². The zero-order chi connectivity index (χ0) is 6.43.